The van der Waals surface area contributed by atoms with E-state index in [1.807, 2.05) is 6.07 Å². The third-order valence-corrected chi connectivity index (χ3v) is 5.45. The number of ether oxygens (including phenoxy) is 2. The summed E-state index contributed by atoms with van der Waals surface area (Å²) in [5, 5.41) is 11.2. The summed E-state index contributed by atoms with van der Waals surface area (Å²) in [6, 6.07) is 13.7. The number of anilines is 1. The summed E-state index contributed by atoms with van der Waals surface area (Å²) >= 11 is 0. The molecule has 0 saturated carbocycles. The molecular weight excluding hydrogens is 394 g/mol. The van der Waals surface area contributed by atoms with Crippen molar-refractivity contribution < 1.29 is 22.7 Å². The van der Waals surface area contributed by atoms with Gasteiger partial charge in [0.25, 0.3) is 0 Å². The summed E-state index contributed by atoms with van der Waals surface area (Å²) in [4.78, 5) is 12.4. The number of methoxy groups -OCH3 is 1. The highest BCUT2D eigenvalue weighted by molar-refractivity contribution is 7.89. The summed E-state index contributed by atoms with van der Waals surface area (Å²) < 4.78 is 37.8. The van der Waals surface area contributed by atoms with E-state index in [-0.39, 0.29) is 4.90 Å². The first-order chi connectivity index (χ1) is 13.9. The van der Waals surface area contributed by atoms with Crippen molar-refractivity contribution in [1.29, 1.82) is 5.26 Å². The van der Waals surface area contributed by atoms with E-state index in [0.29, 0.717) is 36.6 Å². The highest BCUT2D eigenvalue weighted by Crippen LogP contribution is 2.19. The van der Waals surface area contributed by atoms with Crippen molar-refractivity contribution in [3.63, 3.8) is 0 Å². The standard InChI is InChI=1S/C20H23N3O5S/c1-15(23-29(25,26)19-10-8-17(27-2)9-11-19)20(24)22-16-6-5-7-18(14-16)28-13-4-3-12-21/h5-11,14-15,23H,3-4,13H2,1-2H3,(H,22,24)/t15-/m0/s1. The highest BCUT2D eigenvalue weighted by atomic mass is 32.2. The first kappa shape index (κ1) is 22.2. The largest absolute Gasteiger partial charge is 0.497 e. The molecule has 0 aromatic heterocycles. The van der Waals surface area contributed by atoms with Gasteiger partial charge in [-0.25, -0.2) is 8.42 Å². The zero-order valence-electron chi connectivity index (χ0n) is 16.2. The number of benzene rings is 2. The molecule has 0 radical (unpaired) electrons. The van der Waals surface area contributed by atoms with Gasteiger partial charge < -0.3 is 14.8 Å². The van der Waals surface area contributed by atoms with Gasteiger partial charge in [0, 0.05) is 18.2 Å². The minimum Gasteiger partial charge on any atom is -0.497 e. The number of amides is 1. The Morgan fingerprint density at radius 2 is 1.90 bits per heavy atom. The van der Waals surface area contributed by atoms with E-state index in [9.17, 15) is 13.2 Å². The summed E-state index contributed by atoms with van der Waals surface area (Å²) in [5.74, 6) is 0.570. The number of hydrogen-bond acceptors (Lipinski definition) is 6. The molecule has 0 aliphatic rings. The van der Waals surface area contributed by atoms with Crippen molar-refractivity contribution in [2.75, 3.05) is 19.0 Å². The molecule has 9 heteroatoms. The summed E-state index contributed by atoms with van der Waals surface area (Å²) in [5.41, 5.74) is 0.475. The molecule has 0 heterocycles. The number of nitrogens with zero attached hydrogens (tertiary/aromatic N) is 1. The van der Waals surface area contributed by atoms with Gasteiger partial charge in [-0.2, -0.15) is 9.98 Å². The molecule has 154 valence electrons. The number of rotatable bonds is 10. The number of carbonyl (C=O) groups is 1. The highest BCUT2D eigenvalue weighted by Gasteiger charge is 2.22. The van der Waals surface area contributed by atoms with Crippen molar-refractivity contribution in [1.82, 2.24) is 4.72 Å². The van der Waals surface area contributed by atoms with E-state index in [2.05, 4.69) is 10.0 Å². The van der Waals surface area contributed by atoms with E-state index < -0.39 is 22.0 Å². The lowest BCUT2D eigenvalue weighted by Crippen LogP contribution is -2.41. The van der Waals surface area contributed by atoms with Gasteiger partial charge >= 0.3 is 0 Å². The van der Waals surface area contributed by atoms with Crippen LogP contribution >= 0.6 is 0 Å². The van der Waals surface area contributed by atoms with Crippen molar-refractivity contribution >= 4 is 21.6 Å². The zero-order chi connectivity index (χ0) is 21.3. The molecule has 1 atom stereocenters. The lowest BCUT2D eigenvalue weighted by atomic mass is 10.2. The van der Waals surface area contributed by atoms with Crippen molar-refractivity contribution in [2.45, 2.75) is 30.7 Å². The maximum absolute atomic E-state index is 12.4. The minimum atomic E-state index is -3.86. The van der Waals surface area contributed by atoms with Gasteiger partial charge in [-0.3, -0.25) is 4.79 Å². The topological polar surface area (TPSA) is 118 Å². The third-order valence-electron chi connectivity index (χ3n) is 3.90. The smallest absolute Gasteiger partial charge is 0.242 e. The lowest BCUT2D eigenvalue weighted by molar-refractivity contribution is -0.117. The Balaban J connectivity index is 1.96. The van der Waals surface area contributed by atoms with Gasteiger partial charge in [-0.05, 0) is 49.7 Å². The minimum absolute atomic E-state index is 0.0331. The number of nitriles is 1. The summed E-state index contributed by atoms with van der Waals surface area (Å²) in [6.07, 6.45) is 1.01. The first-order valence-corrected chi connectivity index (χ1v) is 10.4. The third kappa shape index (κ3) is 6.78. The number of nitrogens with one attached hydrogen (secondary N) is 2. The van der Waals surface area contributed by atoms with E-state index >= 15 is 0 Å². The van der Waals surface area contributed by atoms with Gasteiger partial charge in [-0.15, -0.1) is 0 Å². The van der Waals surface area contributed by atoms with Crippen LogP contribution < -0.4 is 19.5 Å². The van der Waals surface area contributed by atoms with Crippen LogP contribution in [0.4, 0.5) is 5.69 Å². The maximum atomic E-state index is 12.4. The van der Waals surface area contributed by atoms with Crippen LogP contribution in [-0.2, 0) is 14.8 Å². The van der Waals surface area contributed by atoms with Gasteiger partial charge in [0.15, 0.2) is 0 Å². The van der Waals surface area contributed by atoms with Crippen LogP contribution in [0, 0.1) is 11.3 Å². The molecule has 0 bridgehead atoms. The van der Waals surface area contributed by atoms with Crippen LogP contribution in [0.25, 0.3) is 0 Å². The van der Waals surface area contributed by atoms with Gasteiger partial charge in [0.1, 0.15) is 11.5 Å². The Morgan fingerprint density at radius 1 is 1.17 bits per heavy atom. The molecule has 29 heavy (non-hydrogen) atoms. The van der Waals surface area contributed by atoms with E-state index in [1.165, 1.54) is 38.3 Å². The molecule has 0 aliphatic heterocycles. The predicted molar refractivity (Wildman–Crippen MR) is 108 cm³/mol. The monoisotopic (exact) mass is 417 g/mol. The fraction of sp³-hybridized carbons (Fsp3) is 0.300. The molecule has 0 saturated heterocycles. The van der Waals surface area contributed by atoms with Crippen LogP contribution in [-0.4, -0.2) is 34.1 Å². The predicted octanol–water partition coefficient (Wildman–Crippen LogP) is 2.68. The number of carbonyl (C=O) groups excluding carboxylic acids is 1. The second-order valence-electron chi connectivity index (χ2n) is 6.15. The summed E-state index contributed by atoms with van der Waals surface area (Å²) in [6.45, 7) is 1.85. The average molecular weight is 417 g/mol. The van der Waals surface area contributed by atoms with E-state index in [0.717, 1.165) is 0 Å². The van der Waals surface area contributed by atoms with Crippen LogP contribution in [0.1, 0.15) is 19.8 Å². The molecule has 1 amide bonds. The second kappa shape index (κ2) is 10.5. The van der Waals surface area contributed by atoms with E-state index in [4.69, 9.17) is 14.7 Å². The normalized spacial score (nSPS) is 11.9. The maximum Gasteiger partial charge on any atom is 0.242 e. The molecule has 8 nitrogen and oxygen atoms in total. The molecule has 0 fully saturated rings. The quantitative estimate of drug-likeness (QED) is 0.574. The number of unbranched alkanes of at least 4 members (excludes halogenated alkanes) is 1. The SMILES string of the molecule is COc1ccc(S(=O)(=O)N[C@@H](C)C(=O)Nc2cccc(OCCCC#N)c2)cc1. The number of sulfonamides is 1. The van der Waals surface area contributed by atoms with Crippen LogP contribution in [0.5, 0.6) is 11.5 Å². The molecule has 0 unspecified atom stereocenters. The fourth-order valence-electron chi connectivity index (χ4n) is 2.36. The Kier molecular flexibility index (Phi) is 8.00. The molecule has 2 aromatic rings. The zero-order valence-corrected chi connectivity index (χ0v) is 17.0. The Hall–Kier alpha value is -3.09. The summed E-state index contributed by atoms with van der Waals surface area (Å²) in [7, 11) is -2.38. The molecule has 2 N–H and O–H groups in total. The van der Waals surface area contributed by atoms with Crippen molar-refractivity contribution in [2.24, 2.45) is 0 Å². The van der Waals surface area contributed by atoms with Crippen molar-refractivity contribution in [3.8, 4) is 17.6 Å². The molecule has 2 aromatic carbocycles. The van der Waals surface area contributed by atoms with E-state index in [1.54, 1.807) is 24.3 Å². The Bertz CT molecular complexity index is 968. The number of hydrogen-bond donors (Lipinski definition) is 2. The molecular formula is C20H23N3O5S. The Morgan fingerprint density at radius 3 is 2.55 bits per heavy atom. The van der Waals surface area contributed by atoms with Crippen LogP contribution in [0.3, 0.4) is 0 Å². The first-order valence-electron chi connectivity index (χ1n) is 8.93. The van der Waals surface area contributed by atoms with Crippen LogP contribution in [0.2, 0.25) is 0 Å². The van der Waals surface area contributed by atoms with Crippen molar-refractivity contribution in [3.05, 3.63) is 48.5 Å². The van der Waals surface area contributed by atoms with Gasteiger partial charge in [-0.1, -0.05) is 6.07 Å². The van der Waals surface area contributed by atoms with Crippen LogP contribution in [0.15, 0.2) is 53.4 Å². The lowest BCUT2D eigenvalue weighted by Gasteiger charge is -2.15. The van der Waals surface area contributed by atoms with Gasteiger partial charge in [0.05, 0.1) is 30.7 Å². The second-order valence-corrected chi connectivity index (χ2v) is 7.86. The molecule has 0 spiro atoms. The average Bonchev–Trinajstić information content (AvgIpc) is 2.71. The fourth-order valence-corrected chi connectivity index (χ4v) is 3.57. The molecule has 0 aliphatic carbocycles. The molecule has 2 rings (SSSR count). The van der Waals surface area contributed by atoms with Gasteiger partial charge in [0.2, 0.25) is 15.9 Å². The Labute approximate surface area is 170 Å².